The molecule has 8 heteroatoms. The van der Waals surface area contributed by atoms with Gasteiger partial charge in [-0.25, -0.2) is 4.79 Å². The highest BCUT2D eigenvalue weighted by atomic mass is 16.6. The van der Waals surface area contributed by atoms with Gasteiger partial charge in [0.05, 0.1) is 12.7 Å². The smallest absolute Gasteiger partial charge is 0.407 e. The van der Waals surface area contributed by atoms with E-state index < -0.39 is 11.7 Å². The zero-order valence-corrected chi connectivity index (χ0v) is 16.8. The molecule has 0 aromatic heterocycles. The molecule has 0 spiro atoms. The molecule has 1 heterocycles. The van der Waals surface area contributed by atoms with Crippen molar-refractivity contribution in [2.75, 3.05) is 32.8 Å². The zero-order valence-electron chi connectivity index (χ0n) is 16.8. The van der Waals surface area contributed by atoms with Gasteiger partial charge < -0.3 is 24.4 Å². The maximum atomic E-state index is 12.4. The van der Waals surface area contributed by atoms with Gasteiger partial charge in [0.1, 0.15) is 11.4 Å². The molecule has 2 amide bonds. The summed E-state index contributed by atoms with van der Waals surface area (Å²) in [6.07, 6.45) is -0.822. The van der Waals surface area contributed by atoms with Crippen molar-refractivity contribution in [1.82, 2.24) is 10.2 Å². The Morgan fingerprint density at radius 1 is 1.21 bits per heavy atom. The third-order valence-corrected chi connectivity index (χ3v) is 3.99. The Bertz CT molecular complexity index is 696. The number of hydrogen-bond acceptors (Lipinski definition) is 6. The van der Waals surface area contributed by atoms with Gasteiger partial charge in [-0.3, -0.25) is 9.59 Å². The number of alkyl carbamates (subject to hydrolysis) is 1. The van der Waals surface area contributed by atoms with E-state index >= 15 is 0 Å². The number of benzene rings is 1. The molecule has 28 heavy (non-hydrogen) atoms. The van der Waals surface area contributed by atoms with E-state index in [4.69, 9.17) is 14.2 Å². The molecule has 0 bridgehead atoms. The number of nitrogens with one attached hydrogen (secondary N) is 1. The number of carbonyl (C=O) groups is 3. The second kappa shape index (κ2) is 9.54. The summed E-state index contributed by atoms with van der Waals surface area (Å²) in [5, 5.41) is 2.66. The minimum atomic E-state index is -0.570. The van der Waals surface area contributed by atoms with Crippen LogP contribution in [-0.2, 0) is 14.3 Å². The molecule has 2 rings (SSSR count). The van der Waals surface area contributed by atoms with E-state index in [2.05, 4.69) is 5.32 Å². The molecule has 1 unspecified atom stereocenters. The largest absolute Gasteiger partial charge is 0.484 e. The average Bonchev–Trinajstić information content (AvgIpc) is 2.63. The van der Waals surface area contributed by atoms with E-state index in [1.807, 2.05) is 0 Å². The Balaban J connectivity index is 1.77. The van der Waals surface area contributed by atoms with E-state index in [9.17, 15) is 14.4 Å². The summed E-state index contributed by atoms with van der Waals surface area (Å²) in [6.45, 7) is 8.23. The van der Waals surface area contributed by atoms with Crippen LogP contribution >= 0.6 is 0 Å². The van der Waals surface area contributed by atoms with Crippen LogP contribution < -0.4 is 10.1 Å². The van der Waals surface area contributed by atoms with Crippen molar-refractivity contribution in [3.05, 3.63) is 29.8 Å². The normalized spacial score (nSPS) is 17.0. The Labute approximate surface area is 165 Å². The molecular weight excluding hydrogens is 364 g/mol. The molecule has 1 fully saturated rings. The third kappa shape index (κ3) is 7.19. The fourth-order valence-electron chi connectivity index (χ4n) is 2.60. The minimum Gasteiger partial charge on any atom is -0.484 e. The number of nitrogens with zero attached hydrogens (tertiary/aromatic N) is 1. The average molecular weight is 392 g/mol. The van der Waals surface area contributed by atoms with Crippen molar-refractivity contribution in [3.8, 4) is 5.75 Å². The number of carbonyl (C=O) groups excluding carboxylic acids is 3. The summed E-state index contributed by atoms with van der Waals surface area (Å²) >= 11 is 0. The molecule has 1 saturated heterocycles. The molecule has 0 saturated carbocycles. The molecule has 1 aliphatic rings. The predicted molar refractivity (Wildman–Crippen MR) is 102 cm³/mol. The number of ether oxygens (including phenoxy) is 3. The van der Waals surface area contributed by atoms with Crippen molar-refractivity contribution >= 4 is 17.8 Å². The minimum absolute atomic E-state index is 0.0259. The highest BCUT2D eigenvalue weighted by molar-refractivity contribution is 5.94. The van der Waals surface area contributed by atoms with Crippen molar-refractivity contribution in [3.63, 3.8) is 0 Å². The number of rotatable bonds is 6. The Kier molecular flexibility index (Phi) is 7.39. The molecule has 1 aliphatic heterocycles. The maximum Gasteiger partial charge on any atom is 0.407 e. The lowest BCUT2D eigenvalue weighted by molar-refractivity contribution is -0.140. The van der Waals surface area contributed by atoms with Crippen LogP contribution in [0.15, 0.2) is 24.3 Å². The lowest BCUT2D eigenvalue weighted by Gasteiger charge is -2.33. The topological polar surface area (TPSA) is 94.2 Å². The fourth-order valence-corrected chi connectivity index (χ4v) is 2.60. The van der Waals surface area contributed by atoms with Gasteiger partial charge in [0, 0.05) is 25.2 Å². The van der Waals surface area contributed by atoms with Gasteiger partial charge in [-0.1, -0.05) is 0 Å². The molecule has 154 valence electrons. The number of amides is 2. The number of Topliss-reactive ketones (excluding diaryl/α,β-unsaturated/α-hetero) is 1. The van der Waals surface area contributed by atoms with Crippen molar-refractivity contribution < 1.29 is 28.6 Å². The summed E-state index contributed by atoms with van der Waals surface area (Å²) in [5.74, 6) is 0.331. The molecule has 1 aromatic carbocycles. The maximum absolute atomic E-state index is 12.4. The van der Waals surface area contributed by atoms with Crippen LogP contribution in [0.1, 0.15) is 38.1 Å². The van der Waals surface area contributed by atoms with Gasteiger partial charge in [-0.05, 0) is 52.0 Å². The van der Waals surface area contributed by atoms with Crippen molar-refractivity contribution in [2.45, 2.75) is 39.4 Å². The van der Waals surface area contributed by atoms with Crippen LogP contribution in [0.4, 0.5) is 4.79 Å². The van der Waals surface area contributed by atoms with Crippen LogP contribution in [0, 0.1) is 0 Å². The van der Waals surface area contributed by atoms with Gasteiger partial charge in [-0.15, -0.1) is 0 Å². The second-order valence-corrected chi connectivity index (χ2v) is 7.58. The first-order valence-electron chi connectivity index (χ1n) is 9.24. The van der Waals surface area contributed by atoms with E-state index in [0.29, 0.717) is 31.0 Å². The number of hydrogen-bond donors (Lipinski definition) is 1. The van der Waals surface area contributed by atoms with E-state index in [1.165, 1.54) is 6.92 Å². The van der Waals surface area contributed by atoms with Gasteiger partial charge >= 0.3 is 6.09 Å². The first-order chi connectivity index (χ1) is 13.1. The van der Waals surface area contributed by atoms with E-state index in [0.717, 1.165) is 0 Å². The van der Waals surface area contributed by atoms with E-state index in [-0.39, 0.29) is 30.9 Å². The van der Waals surface area contributed by atoms with Gasteiger partial charge in [0.25, 0.3) is 5.91 Å². The molecule has 8 nitrogen and oxygen atoms in total. The number of ketones is 1. The first kappa shape index (κ1) is 21.7. The van der Waals surface area contributed by atoms with Crippen molar-refractivity contribution in [2.24, 2.45) is 0 Å². The van der Waals surface area contributed by atoms with Gasteiger partial charge in [-0.2, -0.15) is 0 Å². The predicted octanol–water partition coefficient (Wildman–Crippen LogP) is 2.02. The van der Waals surface area contributed by atoms with Crippen LogP contribution in [0.2, 0.25) is 0 Å². The lowest BCUT2D eigenvalue weighted by Crippen LogP contribution is -2.51. The SMILES string of the molecule is CC(=O)c1ccc(OCC(=O)N2CCOC(CNC(=O)OC(C)(C)C)C2)cc1. The van der Waals surface area contributed by atoms with Gasteiger partial charge in [0.2, 0.25) is 0 Å². The van der Waals surface area contributed by atoms with Gasteiger partial charge in [0.15, 0.2) is 12.4 Å². The highest BCUT2D eigenvalue weighted by Crippen LogP contribution is 2.13. The molecule has 1 N–H and O–H groups in total. The summed E-state index contributed by atoms with van der Waals surface area (Å²) < 4.78 is 16.3. The Morgan fingerprint density at radius 2 is 1.89 bits per heavy atom. The van der Waals surface area contributed by atoms with Crippen LogP contribution in [0.5, 0.6) is 5.75 Å². The number of morpholine rings is 1. The van der Waals surface area contributed by atoms with Crippen molar-refractivity contribution in [1.29, 1.82) is 0 Å². The Hall–Kier alpha value is -2.61. The quantitative estimate of drug-likeness (QED) is 0.745. The molecule has 1 aromatic rings. The zero-order chi connectivity index (χ0) is 20.7. The summed E-state index contributed by atoms with van der Waals surface area (Å²) in [7, 11) is 0. The monoisotopic (exact) mass is 392 g/mol. The van der Waals surface area contributed by atoms with Crippen LogP contribution in [0.25, 0.3) is 0 Å². The standard InChI is InChI=1S/C20H28N2O6/c1-14(23)15-5-7-16(8-6-15)27-13-18(24)22-9-10-26-17(12-22)11-21-19(25)28-20(2,3)4/h5-8,17H,9-13H2,1-4H3,(H,21,25). The highest BCUT2D eigenvalue weighted by Gasteiger charge is 2.25. The lowest BCUT2D eigenvalue weighted by atomic mass is 10.1. The summed E-state index contributed by atoms with van der Waals surface area (Å²) in [6, 6.07) is 6.65. The third-order valence-electron chi connectivity index (χ3n) is 3.99. The Morgan fingerprint density at radius 3 is 2.50 bits per heavy atom. The molecule has 1 atom stereocenters. The molecular formula is C20H28N2O6. The van der Waals surface area contributed by atoms with E-state index in [1.54, 1.807) is 49.9 Å². The van der Waals surface area contributed by atoms with Crippen LogP contribution in [-0.4, -0.2) is 67.2 Å². The molecule has 0 aliphatic carbocycles. The summed E-state index contributed by atoms with van der Waals surface area (Å²) in [4.78, 5) is 37.1. The van der Waals surface area contributed by atoms with Crippen LogP contribution in [0.3, 0.4) is 0 Å². The first-order valence-corrected chi connectivity index (χ1v) is 9.24. The second-order valence-electron chi connectivity index (χ2n) is 7.58. The summed E-state index contributed by atoms with van der Waals surface area (Å²) in [5.41, 5.74) is 0.0200. The fraction of sp³-hybridized carbons (Fsp3) is 0.550. The molecule has 0 radical (unpaired) electrons.